The van der Waals surface area contributed by atoms with Crippen LogP contribution in [0.4, 0.5) is 0 Å². The van der Waals surface area contributed by atoms with Gasteiger partial charge in [-0.05, 0) is 31.5 Å². The first-order valence-electron chi connectivity index (χ1n) is 5.85. The predicted octanol–water partition coefficient (Wildman–Crippen LogP) is 2.41. The standard InChI is InChI=1S/C13H18BrNO3/c1-9(16)11-8-10(14)5-6-12(11)18-7-3-4-13(17)15-2/h5-6,8-9,16H,3-4,7H2,1-2H3,(H,15,17)/t9-/m1/s1. The van der Waals surface area contributed by atoms with Crippen LogP contribution < -0.4 is 10.1 Å². The van der Waals surface area contributed by atoms with Crippen molar-refractivity contribution < 1.29 is 14.6 Å². The Morgan fingerprint density at radius 1 is 1.56 bits per heavy atom. The Morgan fingerprint density at radius 3 is 2.89 bits per heavy atom. The van der Waals surface area contributed by atoms with Crippen molar-refractivity contribution >= 4 is 21.8 Å². The third-order valence-corrected chi connectivity index (χ3v) is 3.00. The summed E-state index contributed by atoms with van der Waals surface area (Å²) in [6.45, 7) is 2.15. The average Bonchev–Trinajstić information content (AvgIpc) is 2.35. The fourth-order valence-electron chi connectivity index (χ4n) is 1.52. The van der Waals surface area contributed by atoms with Crippen LogP contribution in [-0.2, 0) is 4.79 Å². The molecular weight excluding hydrogens is 298 g/mol. The number of carbonyl (C=O) groups is 1. The number of ether oxygens (including phenoxy) is 1. The predicted molar refractivity (Wildman–Crippen MR) is 73.6 cm³/mol. The van der Waals surface area contributed by atoms with Gasteiger partial charge in [0.05, 0.1) is 12.7 Å². The van der Waals surface area contributed by atoms with Crippen LogP contribution in [0.1, 0.15) is 31.4 Å². The first-order valence-corrected chi connectivity index (χ1v) is 6.64. The minimum atomic E-state index is -0.587. The molecule has 0 aromatic heterocycles. The molecule has 0 radical (unpaired) electrons. The highest BCUT2D eigenvalue weighted by Gasteiger charge is 2.10. The number of hydrogen-bond acceptors (Lipinski definition) is 3. The van der Waals surface area contributed by atoms with Crippen molar-refractivity contribution in [2.45, 2.75) is 25.9 Å². The summed E-state index contributed by atoms with van der Waals surface area (Å²) in [6, 6.07) is 5.50. The monoisotopic (exact) mass is 315 g/mol. The zero-order chi connectivity index (χ0) is 13.5. The second kappa shape index (κ2) is 7.38. The van der Waals surface area contributed by atoms with E-state index in [2.05, 4.69) is 21.2 Å². The quantitative estimate of drug-likeness (QED) is 0.793. The number of hydrogen-bond donors (Lipinski definition) is 2. The largest absolute Gasteiger partial charge is 0.493 e. The molecule has 2 N–H and O–H groups in total. The molecule has 4 nitrogen and oxygen atoms in total. The zero-order valence-electron chi connectivity index (χ0n) is 10.6. The van der Waals surface area contributed by atoms with E-state index in [1.165, 1.54) is 0 Å². The summed E-state index contributed by atoms with van der Waals surface area (Å²) in [5, 5.41) is 12.2. The Labute approximate surface area is 115 Å². The molecule has 0 fully saturated rings. The number of rotatable bonds is 6. The molecule has 18 heavy (non-hydrogen) atoms. The molecular formula is C13H18BrNO3. The van der Waals surface area contributed by atoms with Crippen LogP contribution in [0.15, 0.2) is 22.7 Å². The lowest BCUT2D eigenvalue weighted by Crippen LogP contribution is -2.18. The molecule has 1 aromatic carbocycles. The van der Waals surface area contributed by atoms with Crippen LogP contribution in [0.2, 0.25) is 0 Å². The molecule has 1 amide bonds. The molecule has 0 bridgehead atoms. The van der Waals surface area contributed by atoms with Crippen molar-refractivity contribution in [2.75, 3.05) is 13.7 Å². The number of carbonyl (C=O) groups excluding carboxylic acids is 1. The van der Waals surface area contributed by atoms with Crippen LogP contribution in [0.3, 0.4) is 0 Å². The van der Waals surface area contributed by atoms with Crippen LogP contribution in [0.5, 0.6) is 5.75 Å². The van der Waals surface area contributed by atoms with Crippen LogP contribution >= 0.6 is 15.9 Å². The normalized spacial score (nSPS) is 12.0. The number of halogens is 1. The van der Waals surface area contributed by atoms with E-state index in [9.17, 15) is 9.90 Å². The van der Waals surface area contributed by atoms with E-state index in [1.807, 2.05) is 18.2 Å². The number of amides is 1. The van der Waals surface area contributed by atoms with Crippen molar-refractivity contribution in [3.05, 3.63) is 28.2 Å². The van der Waals surface area contributed by atoms with Crippen LogP contribution in [-0.4, -0.2) is 24.7 Å². The Kier molecular flexibility index (Phi) is 6.15. The van der Waals surface area contributed by atoms with Gasteiger partial charge in [0.15, 0.2) is 0 Å². The van der Waals surface area contributed by atoms with Crippen molar-refractivity contribution in [3.63, 3.8) is 0 Å². The molecule has 0 aliphatic heterocycles. The third kappa shape index (κ3) is 4.66. The summed E-state index contributed by atoms with van der Waals surface area (Å²) in [6.07, 6.45) is 0.503. The van der Waals surface area contributed by atoms with Crippen molar-refractivity contribution in [1.29, 1.82) is 0 Å². The lowest BCUT2D eigenvalue weighted by atomic mass is 10.1. The van der Waals surface area contributed by atoms with Gasteiger partial charge in [-0.2, -0.15) is 0 Å². The molecule has 0 spiro atoms. The summed E-state index contributed by atoms with van der Waals surface area (Å²) in [5.74, 6) is 0.662. The molecule has 1 aromatic rings. The maximum Gasteiger partial charge on any atom is 0.219 e. The number of aliphatic hydroxyl groups excluding tert-OH is 1. The first-order chi connectivity index (χ1) is 8.54. The molecule has 0 aliphatic carbocycles. The number of nitrogens with one attached hydrogen (secondary N) is 1. The molecule has 0 saturated carbocycles. The van der Waals surface area contributed by atoms with Gasteiger partial charge in [0, 0.05) is 23.5 Å². The Bertz CT molecular complexity index is 407. The minimum Gasteiger partial charge on any atom is -0.493 e. The van der Waals surface area contributed by atoms with E-state index in [4.69, 9.17) is 4.74 Å². The van der Waals surface area contributed by atoms with E-state index >= 15 is 0 Å². The summed E-state index contributed by atoms with van der Waals surface area (Å²) in [4.78, 5) is 11.0. The lowest BCUT2D eigenvalue weighted by molar-refractivity contribution is -0.120. The van der Waals surface area contributed by atoms with E-state index in [1.54, 1.807) is 14.0 Å². The minimum absolute atomic E-state index is 0.00477. The van der Waals surface area contributed by atoms with Crippen molar-refractivity contribution in [3.8, 4) is 5.75 Å². The lowest BCUT2D eigenvalue weighted by Gasteiger charge is -2.13. The Hall–Kier alpha value is -1.07. The summed E-state index contributed by atoms with van der Waals surface area (Å²) >= 11 is 3.36. The van der Waals surface area contributed by atoms with Gasteiger partial charge in [-0.25, -0.2) is 0 Å². The first kappa shape index (κ1) is 15.0. The molecule has 1 rings (SSSR count). The van der Waals surface area contributed by atoms with Gasteiger partial charge in [0.2, 0.25) is 5.91 Å². The van der Waals surface area contributed by atoms with E-state index in [0.717, 1.165) is 10.0 Å². The fraction of sp³-hybridized carbons (Fsp3) is 0.462. The van der Waals surface area contributed by atoms with Crippen LogP contribution in [0.25, 0.3) is 0 Å². The fourth-order valence-corrected chi connectivity index (χ4v) is 1.90. The second-order valence-corrected chi connectivity index (χ2v) is 4.90. The highest BCUT2D eigenvalue weighted by Crippen LogP contribution is 2.28. The second-order valence-electron chi connectivity index (χ2n) is 3.98. The van der Waals surface area contributed by atoms with Gasteiger partial charge in [-0.3, -0.25) is 4.79 Å². The topological polar surface area (TPSA) is 58.6 Å². The number of aliphatic hydroxyl groups is 1. The van der Waals surface area contributed by atoms with E-state index in [0.29, 0.717) is 25.2 Å². The van der Waals surface area contributed by atoms with E-state index < -0.39 is 6.10 Å². The van der Waals surface area contributed by atoms with Gasteiger partial charge in [-0.15, -0.1) is 0 Å². The molecule has 1 atom stereocenters. The summed E-state index contributed by atoms with van der Waals surface area (Å²) in [5.41, 5.74) is 0.740. The highest BCUT2D eigenvalue weighted by molar-refractivity contribution is 9.10. The smallest absolute Gasteiger partial charge is 0.219 e. The van der Waals surface area contributed by atoms with Crippen molar-refractivity contribution in [2.24, 2.45) is 0 Å². The molecule has 0 saturated heterocycles. The van der Waals surface area contributed by atoms with Gasteiger partial charge in [0.25, 0.3) is 0 Å². The maximum absolute atomic E-state index is 11.0. The summed E-state index contributed by atoms with van der Waals surface area (Å²) in [7, 11) is 1.61. The molecule has 100 valence electrons. The van der Waals surface area contributed by atoms with Gasteiger partial charge < -0.3 is 15.2 Å². The zero-order valence-corrected chi connectivity index (χ0v) is 12.2. The highest BCUT2D eigenvalue weighted by atomic mass is 79.9. The van der Waals surface area contributed by atoms with Gasteiger partial charge in [-0.1, -0.05) is 15.9 Å². The molecule has 0 unspecified atom stereocenters. The molecule has 0 aliphatic rings. The maximum atomic E-state index is 11.0. The van der Waals surface area contributed by atoms with E-state index in [-0.39, 0.29) is 5.91 Å². The van der Waals surface area contributed by atoms with Gasteiger partial charge >= 0.3 is 0 Å². The van der Waals surface area contributed by atoms with Crippen molar-refractivity contribution in [1.82, 2.24) is 5.32 Å². The average molecular weight is 316 g/mol. The Morgan fingerprint density at radius 2 is 2.28 bits per heavy atom. The Balaban J connectivity index is 2.54. The van der Waals surface area contributed by atoms with Crippen LogP contribution in [0, 0.1) is 0 Å². The number of benzene rings is 1. The molecule has 0 heterocycles. The third-order valence-electron chi connectivity index (χ3n) is 2.51. The summed E-state index contributed by atoms with van der Waals surface area (Å²) < 4.78 is 6.49. The molecule has 5 heteroatoms. The van der Waals surface area contributed by atoms with Gasteiger partial charge in [0.1, 0.15) is 5.75 Å². The SMILES string of the molecule is CNC(=O)CCCOc1ccc(Br)cc1[C@@H](C)O.